The molecule has 1 aromatic rings. The van der Waals surface area contributed by atoms with Gasteiger partial charge >= 0.3 is 12.1 Å². The fourth-order valence-corrected chi connectivity index (χ4v) is 3.35. The summed E-state index contributed by atoms with van der Waals surface area (Å²) in [4.78, 5) is 32.2. The van der Waals surface area contributed by atoms with Crippen molar-refractivity contribution >= 4 is 12.1 Å². The molecule has 0 aliphatic heterocycles. The van der Waals surface area contributed by atoms with E-state index in [2.05, 4.69) is 35.6 Å². The summed E-state index contributed by atoms with van der Waals surface area (Å²) in [6.07, 6.45) is 1.32. The van der Waals surface area contributed by atoms with Crippen molar-refractivity contribution in [3.63, 3.8) is 0 Å². The van der Waals surface area contributed by atoms with Crippen LogP contribution in [0, 0.1) is 11.3 Å². The van der Waals surface area contributed by atoms with Gasteiger partial charge in [-0.2, -0.15) is 0 Å². The first-order valence-electron chi connectivity index (χ1n) is 8.19. The maximum absolute atomic E-state index is 11.7. The quantitative estimate of drug-likeness (QED) is 0.449. The van der Waals surface area contributed by atoms with Gasteiger partial charge in [0.1, 0.15) is 11.9 Å². The zero-order valence-corrected chi connectivity index (χ0v) is 14.9. The second-order valence-electron chi connectivity index (χ2n) is 7.15. The predicted molar refractivity (Wildman–Crippen MR) is 87.6 cm³/mol. The molecule has 1 aliphatic carbocycles. The number of carbonyl (C=O) groups excluding carboxylic acids is 2. The summed E-state index contributed by atoms with van der Waals surface area (Å²) in [6, 6.07) is 6.18. The topological polar surface area (TPSA) is 80.3 Å². The molecule has 0 N–H and O–H groups in total. The normalized spacial score (nSPS) is 21.9. The minimum absolute atomic E-state index is 0.101. The minimum atomic E-state index is -1.03. The van der Waals surface area contributed by atoms with Crippen molar-refractivity contribution in [3.05, 3.63) is 29.8 Å². The van der Waals surface area contributed by atoms with Gasteiger partial charge in [0, 0.05) is 0 Å². The lowest BCUT2D eigenvalue weighted by atomic mass is 9.71. The van der Waals surface area contributed by atoms with E-state index in [1.165, 1.54) is 19.2 Å². The summed E-state index contributed by atoms with van der Waals surface area (Å²) in [5, 5.41) is 4.23. The minimum Gasteiger partial charge on any atom is -0.497 e. The standard InChI is InChI=1S/C18H24O7/c1-12-9-15(11-18(2,3)10-12)22-17(20)24-25-23-16(19)13-5-7-14(21-4)8-6-13/h5-8,12,15H,9-11H2,1-4H3. The van der Waals surface area contributed by atoms with Gasteiger partial charge in [0.2, 0.25) is 0 Å². The number of hydrogen-bond donors (Lipinski definition) is 0. The summed E-state index contributed by atoms with van der Waals surface area (Å²) in [7, 11) is 1.52. The van der Waals surface area contributed by atoms with Crippen molar-refractivity contribution in [3.8, 4) is 5.75 Å². The average molecular weight is 352 g/mol. The van der Waals surface area contributed by atoms with Gasteiger partial charge in [-0.1, -0.05) is 20.8 Å². The molecule has 0 radical (unpaired) electrons. The van der Waals surface area contributed by atoms with Crippen LogP contribution in [0.3, 0.4) is 0 Å². The molecular weight excluding hydrogens is 328 g/mol. The first-order chi connectivity index (χ1) is 11.8. The van der Waals surface area contributed by atoms with Crippen LogP contribution in [0.5, 0.6) is 5.75 Å². The molecule has 0 bridgehead atoms. The van der Waals surface area contributed by atoms with Gasteiger partial charge in [-0.25, -0.2) is 14.5 Å². The van der Waals surface area contributed by atoms with Crippen LogP contribution < -0.4 is 4.74 Å². The molecule has 0 saturated heterocycles. The van der Waals surface area contributed by atoms with Gasteiger partial charge in [0.15, 0.2) is 0 Å². The Morgan fingerprint density at radius 3 is 2.36 bits per heavy atom. The lowest BCUT2D eigenvalue weighted by Crippen LogP contribution is -2.34. The van der Waals surface area contributed by atoms with E-state index >= 15 is 0 Å². The summed E-state index contributed by atoms with van der Waals surface area (Å²) >= 11 is 0. The Balaban J connectivity index is 1.73. The maximum atomic E-state index is 11.7. The van der Waals surface area contributed by atoms with Gasteiger partial charge in [0.25, 0.3) is 0 Å². The van der Waals surface area contributed by atoms with Crippen molar-refractivity contribution in [2.75, 3.05) is 7.11 Å². The Morgan fingerprint density at radius 1 is 1.08 bits per heavy atom. The average Bonchev–Trinajstić information content (AvgIpc) is 2.52. The highest BCUT2D eigenvalue weighted by Gasteiger charge is 2.34. The van der Waals surface area contributed by atoms with Crippen LogP contribution >= 0.6 is 0 Å². The zero-order valence-electron chi connectivity index (χ0n) is 14.9. The van der Waals surface area contributed by atoms with Gasteiger partial charge in [-0.15, -0.1) is 0 Å². The summed E-state index contributed by atoms with van der Waals surface area (Å²) in [5.74, 6) is 0.250. The SMILES string of the molecule is COc1ccc(C(=O)OOOC(=O)OC2CC(C)CC(C)(C)C2)cc1. The van der Waals surface area contributed by atoms with Crippen LogP contribution in [0.25, 0.3) is 0 Å². The first kappa shape index (κ1) is 19.1. The van der Waals surface area contributed by atoms with Crippen LogP contribution in [0.2, 0.25) is 0 Å². The fourth-order valence-electron chi connectivity index (χ4n) is 3.35. The van der Waals surface area contributed by atoms with Crippen molar-refractivity contribution in [1.82, 2.24) is 0 Å². The highest BCUT2D eigenvalue weighted by atomic mass is 17.5. The van der Waals surface area contributed by atoms with Crippen LogP contribution in [0.15, 0.2) is 24.3 Å². The van der Waals surface area contributed by atoms with Crippen LogP contribution in [-0.2, 0) is 19.6 Å². The van der Waals surface area contributed by atoms with Crippen molar-refractivity contribution in [2.45, 2.75) is 46.1 Å². The van der Waals surface area contributed by atoms with Gasteiger partial charge in [0.05, 0.1) is 17.7 Å². The van der Waals surface area contributed by atoms with Crippen LogP contribution in [-0.4, -0.2) is 25.3 Å². The van der Waals surface area contributed by atoms with Crippen LogP contribution in [0.1, 0.15) is 50.4 Å². The molecule has 0 amide bonds. The van der Waals surface area contributed by atoms with E-state index < -0.39 is 12.1 Å². The number of hydrogen-bond acceptors (Lipinski definition) is 7. The lowest BCUT2D eigenvalue weighted by molar-refractivity contribution is -0.453. The third kappa shape index (κ3) is 5.94. The number of methoxy groups -OCH3 is 1. The second-order valence-corrected chi connectivity index (χ2v) is 7.15. The molecule has 2 atom stereocenters. The van der Waals surface area contributed by atoms with Gasteiger partial charge in [-0.3, -0.25) is 4.89 Å². The molecule has 2 unspecified atom stereocenters. The molecule has 2 rings (SSSR count). The predicted octanol–water partition coefficient (Wildman–Crippen LogP) is 4.07. The van der Waals surface area contributed by atoms with E-state index in [1.807, 2.05) is 0 Å². The molecule has 138 valence electrons. The molecular formula is C18H24O7. The number of ether oxygens (including phenoxy) is 2. The second kappa shape index (κ2) is 8.20. The number of rotatable bonds is 5. The fraction of sp³-hybridized carbons (Fsp3) is 0.556. The summed E-state index contributed by atoms with van der Waals surface area (Å²) < 4.78 is 10.2. The largest absolute Gasteiger partial charge is 0.543 e. The Morgan fingerprint density at radius 2 is 1.76 bits per heavy atom. The number of benzene rings is 1. The molecule has 1 aliphatic rings. The van der Waals surface area contributed by atoms with Gasteiger partial charge < -0.3 is 9.47 Å². The Labute approximate surface area is 147 Å². The first-order valence-corrected chi connectivity index (χ1v) is 8.19. The lowest BCUT2D eigenvalue weighted by Gasteiger charge is -2.37. The number of carbonyl (C=O) groups is 2. The van der Waals surface area contributed by atoms with Crippen LogP contribution in [0.4, 0.5) is 4.79 Å². The third-order valence-corrected chi connectivity index (χ3v) is 4.15. The highest BCUT2D eigenvalue weighted by molar-refractivity contribution is 5.89. The summed E-state index contributed by atoms with van der Waals surface area (Å²) in [5.41, 5.74) is 0.324. The van der Waals surface area contributed by atoms with E-state index in [9.17, 15) is 9.59 Å². The van der Waals surface area contributed by atoms with E-state index in [0.717, 1.165) is 19.3 Å². The summed E-state index contributed by atoms with van der Waals surface area (Å²) in [6.45, 7) is 6.39. The highest BCUT2D eigenvalue weighted by Crippen LogP contribution is 2.39. The Bertz CT molecular complexity index is 594. The molecule has 1 fully saturated rings. The Kier molecular flexibility index (Phi) is 6.25. The molecule has 0 spiro atoms. The molecule has 7 nitrogen and oxygen atoms in total. The molecule has 1 saturated carbocycles. The zero-order chi connectivity index (χ0) is 18.4. The van der Waals surface area contributed by atoms with E-state index in [0.29, 0.717) is 11.7 Å². The van der Waals surface area contributed by atoms with E-state index in [4.69, 9.17) is 9.47 Å². The molecule has 0 aromatic heterocycles. The molecule has 25 heavy (non-hydrogen) atoms. The molecule has 7 heteroatoms. The monoisotopic (exact) mass is 352 g/mol. The smallest absolute Gasteiger partial charge is 0.497 e. The maximum Gasteiger partial charge on any atom is 0.543 e. The van der Waals surface area contributed by atoms with Crippen molar-refractivity contribution in [2.24, 2.45) is 11.3 Å². The van der Waals surface area contributed by atoms with Crippen molar-refractivity contribution in [1.29, 1.82) is 0 Å². The van der Waals surface area contributed by atoms with Crippen molar-refractivity contribution < 1.29 is 33.9 Å². The van der Waals surface area contributed by atoms with E-state index in [1.54, 1.807) is 12.1 Å². The van der Waals surface area contributed by atoms with E-state index in [-0.39, 0.29) is 17.1 Å². The molecule has 1 aromatic carbocycles. The Hall–Kier alpha value is -2.28. The van der Waals surface area contributed by atoms with Gasteiger partial charge in [-0.05, 0) is 54.9 Å². The third-order valence-electron chi connectivity index (χ3n) is 4.15. The molecule has 0 heterocycles.